The smallest absolute Gasteiger partial charge is 0.359 e. The third-order valence-electron chi connectivity index (χ3n) is 6.33. The van der Waals surface area contributed by atoms with Crippen molar-refractivity contribution in [2.24, 2.45) is 0 Å². The van der Waals surface area contributed by atoms with Gasteiger partial charge in [0.25, 0.3) is 5.91 Å². The summed E-state index contributed by atoms with van der Waals surface area (Å²) in [5, 5.41) is 2.11. The Morgan fingerprint density at radius 2 is 1.50 bits per heavy atom. The fourth-order valence-electron chi connectivity index (χ4n) is 4.58. The van der Waals surface area contributed by atoms with Crippen molar-refractivity contribution in [3.63, 3.8) is 0 Å². The van der Waals surface area contributed by atoms with E-state index in [4.69, 9.17) is 8.92 Å². The molecule has 40 heavy (non-hydrogen) atoms. The van der Waals surface area contributed by atoms with Gasteiger partial charge in [-0.2, -0.15) is 8.42 Å². The Hall–Kier alpha value is -4.09. The molecule has 2 heterocycles. The van der Waals surface area contributed by atoms with Crippen molar-refractivity contribution in [2.45, 2.75) is 23.9 Å². The number of amides is 2. The number of ether oxygens (including phenoxy) is 1. The van der Waals surface area contributed by atoms with Gasteiger partial charge in [0.05, 0.1) is 18.4 Å². The maximum atomic E-state index is 13.7. The summed E-state index contributed by atoms with van der Waals surface area (Å²) in [7, 11) is -4.01. The number of carbonyl (C=O) groups excluding carboxylic acids is 3. The minimum Gasteiger partial charge on any atom is -0.448 e. The van der Waals surface area contributed by atoms with Crippen LogP contribution < -0.4 is 5.32 Å². The Kier molecular flexibility index (Phi) is 7.95. The molecule has 2 aliphatic heterocycles. The van der Waals surface area contributed by atoms with Gasteiger partial charge in [0.2, 0.25) is 5.91 Å². The summed E-state index contributed by atoms with van der Waals surface area (Å²) in [6, 6.07) is 26.4. The predicted octanol–water partition coefficient (Wildman–Crippen LogP) is 3.15. The van der Waals surface area contributed by atoms with E-state index in [2.05, 4.69) is 5.32 Å². The maximum Gasteiger partial charge on any atom is 0.359 e. The van der Waals surface area contributed by atoms with Gasteiger partial charge in [-0.15, -0.1) is 11.8 Å². The molecule has 2 atom stereocenters. The SMILES string of the molecule is CS(=O)(=O)OC1=C(C(=O)OC(c2ccccc2)c2ccccc2)N2C(=O)C(NC(=O)Cc3ccccc3)C2SC1. The molecule has 0 bridgehead atoms. The molecule has 0 aliphatic carbocycles. The first-order valence-corrected chi connectivity index (χ1v) is 15.3. The minimum absolute atomic E-state index is 0.0155. The lowest BCUT2D eigenvalue weighted by atomic mass is 10.0. The van der Waals surface area contributed by atoms with Crippen molar-refractivity contribution in [3.8, 4) is 0 Å². The number of hydrogen-bond donors (Lipinski definition) is 1. The lowest BCUT2D eigenvalue weighted by molar-refractivity contribution is -0.155. The number of β-lactam (4-membered cyclic amide) rings is 1. The largest absolute Gasteiger partial charge is 0.448 e. The van der Waals surface area contributed by atoms with E-state index in [9.17, 15) is 22.8 Å². The molecular formula is C29H26N2O7S2. The van der Waals surface area contributed by atoms with Crippen molar-refractivity contribution in [2.75, 3.05) is 12.0 Å². The molecule has 0 radical (unpaired) electrons. The van der Waals surface area contributed by atoms with Crippen LogP contribution in [0, 0.1) is 0 Å². The van der Waals surface area contributed by atoms with Crippen LogP contribution in [0.3, 0.4) is 0 Å². The summed E-state index contributed by atoms with van der Waals surface area (Å²) in [6.45, 7) is 0. The highest BCUT2D eigenvalue weighted by Crippen LogP contribution is 2.42. The van der Waals surface area contributed by atoms with Crippen LogP contribution in [0.25, 0.3) is 0 Å². The third kappa shape index (κ3) is 6.05. The summed E-state index contributed by atoms with van der Waals surface area (Å²) >= 11 is 1.19. The Labute approximate surface area is 236 Å². The van der Waals surface area contributed by atoms with E-state index in [0.29, 0.717) is 11.1 Å². The number of nitrogens with one attached hydrogen (secondary N) is 1. The summed E-state index contributed by atoms with van der Waals surface area (Å²) in [4.78, 5) is 40.8. The molecule has 0 spiro atoms. The second kappa shape index (κ2) is 11.6. The molecule has 1 N–H and O–H groups in total. The molecule has 2 amide bonds. The van der Waals surface area contributed by atoms with Gasteiger partial charge >= 0.3 is 16.1 Å². The number of benzene rings is 3. The van der Waals surface area contributed by atoms with E-state index in [1.54, 1.807) is 24.3 Å². The van der Waals surface area contributed by atoms with Crippen molar-refractivity contribution < 1.29 is 31.7 Å². The molecule has 2 aliphatic rings. The molecule has 3 aromatic carbocycles. The molecule has 9 nitrogen and oxygen atoms in total. The first-order chi connectivity index (χ1) is 19.2. The standard InChI is InChI=1S/C29H26N2O7S2/c1-40(35,36)38-22-18-39-28-24(30-23(32)17-19-11-5-2-6-12-19)27(33)31(28)25(22)29(34)37-26(20-13-7-3-8-14-20)21-15-9-4-10-16-21/h2-16,24,26,28H,17-18H2,1H3,(H,30,32). The summed E-state index contributed by atoms with van der Waals surface area (Å²) in [6.07, 6.45) is 0.124. The van der Waals surface area contributed by atoms with E-state index >= 15 is 0 Å². The van der Waals surface area contributed by atoms with Gasteiger partial charge in [-0.3, -0.25) is 14.5 Å². The van der Waals surface area contributed by atoms with Gasteiger partial charge in [0.1, 0.15) is 11.4 Å². The number of rotatable bonds is 9. The van der Waals surface area contributed by atoms with Gasteiger partial charge in [-0.25, -0.2) is 4.79 Å². The Morgan fingerprint density at radius 1 is 0.950 bits per heavy atom. The van der Waals surface area contributed by atoms with Gasteiger partial charge in [0.15, 0.2) is 17.6 Å². The fraction of sp³-hybridized carbons (Fsp3) is 0.207. The number of nitrogens with zero attached hydrogens (tertiary/aromatic N) is 1. The first kappa shape index (κ1) is 27.5. The number of esters is 1. The molecule has 5 rings (SSSR count). The zero-order chi connectivity index (χ0) is 28.3. The number of thioether (sulfide) groups is 1. The van der Waals surface area contributed by atoms with E-state index in [0.717, 1.165) is 16.7 Å². The molecule has 2 unspecified atom stereocenters. The maximum absolute atomic E-state index is 13.7. The van der Waals surface area contributed by atoms with Crippen LogP contribution in [0.15, 0.2) is 102 Å². The first-order valence-electron chi connectivity index (χ1n) is 12.4. The van der Waals surface area contributed by atoms with Crippen LogP contribution in [0.5, 0.6) is 0 Å². The summed E-state index contributed by atoms with van der Waals surface area (Å²) in [5.41, 5.74) is 1.89. The second-order valence-electron chi connectivity index (χ2n) is 9.28. The summed E-state index contributed by atoms with van der Waals surface area (Å²) < 4.78 is 35.1. The average molecular weight is 579 g/mol. The molecule has 11 heteroatoms. The average Bonchev–Trinajstić information content (AvgIpc) is 2.95. The number of hydrogen-bond acceptors (Lipinski definition) is 8. The van der Waals surface area contributed by atoms with Crippen LogP contribution >= 0.6 is 11.8 Å². The van der Waals surface area contributed by atoms with E-state index in [1.165, 1.54) is 11.8 Å². The Balaban J connectivity index is 1.41. The molecule has 0 saturated carbocycles. The van der Waals surface area contributed by atoms with E-state index in [-0.39, 0.29) is 29.5 Å². The zero-order valence-corrected chi connectivity index (χ0v) is 23.1. The lowest BCUT2D eigenvalue weighted by Crippen LogP contribution is -2.70. The summed E-state index contributed by atoms with van der Waals surface area (Å²) in [5.74, 6) is -2.03. The molecule has 3 aromatic rings. The topological polar surface area (TPSA) is 119 Å². The normalized spacial score (nSPS) is 18.6. The molecule has 0 aromatic heterocycles. The van der Waals surface area contributed by atoms with Gasteiger partial charge in [-0.1, -0.05) is 91.0 Å². The van der Waals surface area contributed by atoms with Gasteiger partial charge < -0.3 is 14.2 Å². The van der Waals surface area contributed by atoms with Crippen LogP contribution in [-0.4, -0.2) is 54.5 Å². The quantitative estimate of drug-likeness (QED) is 0.234. The van der Waals surface area contributed by atoms with Crippen molar-refractivity contribution in [1.82, 2.24) is 10.2 Å². The molecule has 206 valence electrons. The highest BCUT2D eigenvalue weighted by molar-refractivity contribution is 8.00. The lowest BCUT2D eigenvalue weighted by Gasteiger charge is -2.49. The highest BCUT2D eigenvalue weighted by atomic mass is 32.2. The van der Waals surface area contributed by atoms with Crippen LogP contribution in [0.2, 0.25) is 0 Å². The Bertz CT molecular complexity index is 1510. The minimum atomic E-state index is -4.01. The van der Waals surface area contributed by atoms with Crippen LogP contribution in [0.1, 0.15) is 22.8 Å². The van der Waals surface area contributed by atoms with Crippen LogP contribution in [-0.2, 0) is 39.8 Å². The second-order valence-corrected chi connectivity index (χ2v) is 12.0. The fourth-order valence-corrected chi connectivity index (χ4v) is 6.41. The van der Waals surface area contributed by atoms with Crippen LogP contribution in [0.4, 0.5) is 0 Å². The van der Waals surface area contributed by atoms with Crippen molar-refractivity contribution >= 4 is 39.7 Å². The molecule has 1 saturated heterocycles. The number of fused-ring (bicyclic) bond motifs is 1. The highest BCUT2D eigenvalue weighted by Gasteiger charge is 2.55. The third-order valence-corrected chi connectivity index (χ3v) is 8.09. The van der Waals surface area contributed by atoms with Gasteiger partial charge in [-0.05, 0) is 16.7 Å². The number of carbonyl (C=O) groups is 3. The molecule has 1 fully saturated rings. The molecular weight excluding hydrogens is 552 g/mol. The monoisotopic (exact) mass is 578 g/mol. The Morgan fingerprint density at radius 3 is 2.05 bits per heavy atom. The van der Waals surface area contributed by atoms with E-state index in [1.807, 2.05) is 66.7 Å². The van der Waals surface area contributed by atoms with E-state index < -0.39 is 39.5 Å². The van der Waals surface area contributed by atoms with Crippen molar-refractivity contribution in [1.29, 1.82) is 0 Å². The van der Waals surface area contributed by atoms with Gasteiger partial charge in [0, 0.05) is 0 Å². The zero-order valence-electron chi connectivity index (χ0n) is 21.4. The predicted molar refractivity (Wildman–Crippen MR) is 149 cm³/mol. The van der Waals surface area contributed by atoms with Crippen molar-refractivity contribution in [3.05, 3.63) is 119 Å².